The predicted molar refractivity (Wildman–Crippen MR) is 51.6 cm³/mol. The molecule has 0 unspecified atom stereocenters. The van der Waals surface area contributed by atoms with Crippen LogP contribution in [0.3, 0.4) is 0 Å². The predicted octanol–water partition coefficient (Wildman–Crippen LogP) is 1.15. The topological polar surface area (TPSA) is 71.1 Å². The van der Waals surface area contributed by atoms with Gasteiger partial charge < -0.3 is 18.5 Å². The quantitative estimate of drug-likeness (QED) is 0.406. The van der Waals surface area contributed by atoms with E-state index < -0.39 is 7.60 Å². The minimum atomic E-state index is -3.04. The second kappa shape index (κ2) is 6.23. The molecule has 15 heavy (non-hydrogen) atoms. The van der Waals surface area contributed by atoms with E-state index in [2.05, 4.69) is 4.74 Å². The molecule has 0 spiro atoms. The van der Waals surface area contributed by atoms with E-state index in [0.29, 0.717) is 13.2 Å². The van der Waals surface area contributed by atoms with Crippen molar-refractivity contribution in [3.05, 3.63) is 0 Å². The largest absolute Gasteiger partial charge is 0.463 e. The van der Waals surface area contributed by atoms with Gasteiger partial charge in [0, 0.05) is 6.92 Å². The minimum Gasteiger partial charge on any atom is -0.463 e. The lowest BCUT2D eigenvalue weighted by molar-refractivity contribution is -0.142. The number of hydrogen-bond donors (Lipinski definition) is 0. The lowest BCUT2D eigenvalue weighted by Crippen LogP contribution is -2.14. The van der Waals surface area contributed by atoms with Crippen LogP contribution in [0.2, 0.25) is 0 Å². The van der Waals surface area contributed by atoms with Crippen molar-refractivity contribution in [1.29, 1.82) is 0 Å². The smallest absolute Gasteiger partial charge is 0.356 e. The van der Waals surface area contributed by atoms with Gasteiger partial charge in [-0.2, -0.15) is 0 Å². The minimum absolute atomic E-state index is 0.0890. The van der Waals surface area contributed by atoms with E-state index >= 15 is 0 Å². The molecule has 0 aromatic carbocycles. The lowest BCUT2D eigenvalue weighted by Gasteiger charge is -2.22. The number of esters is 1. The third kappa shape index (κ3) is 5.28. The van der Waals surface area contributed by atoms with Gasteiger partial charge >= 0.3 is 13.6 Å². The summed E-state index contributed by atoms with van der Waals surface area (Å²) in [5, 5.41) is 0. The van der Waals surface area contributed by atoms with Gasteiger partial charge in [-0.15, -0.1) is 0 Å². The molecule has 0 amide bonds. The Labute approximate surface area is 88.4 Å². The SMILES string of the molecule is CC(=O)OCCOCP1(=O)OCCCO1. The van der Waals surface area contributed by atoms with E-state index in [1.165, 1.54) is 6.92 Å². The zero-order valence-corrected chi connectivity index (χ0v) is 9.53. The summed E-state index contributed by atoms with van der Waals surface area (Å²) in [7, 11) is -3.04. The van der Waals surface area contributed by atoms with E-state index in [0.717, 1.165) is 6.42 Å². The lowest BCUT2D eigenvalue weighted by atomic mass is 10.5. The van der Waals surface area contributed by atoms with Crippen LogP contribution in [0.15, 0.2) is 0 Å². The Kier molecular flexibility index (Phi) is 5.25. The highest BCUT2D eigenvalue weighted by atomic mass is 31.2. The molecule has 1 aliphatic rings. The zero-order chi connectivity index (χ0) is 11.1. The Hall–Kier alpha value is -0.420. The number of rotatable bonds is 5. The standard InChI is InChI=1S/C8H15O6P/c1-8(9)12-6-5-11-7-15(10)13-3-2-4-14-15/h2-7H2,1H3. The van der Waals surface area contributed by atoms with Crippen LogP contribution in [0.25, 0.3) is 0 Å². The third-order valence-corrected chi connectivity index (χ3v) is 3.30. The molecule has 1 rings (SSSR count). The molecule has 0 aliphatic carbocycles. The number of carbonyl (C=O) groups is 1. The molecule has 0 bridgehead atoms. The monoisotopic (exact) mass is 238 g/mol. The van der Waals surface area contributed by atoms with Crippen LogP contribution in [-0.4, -0.2) is 38.7 Å². The molecular weight excluding hydrogens is 223 g/mol. The van der Waals surface area contributed by atoms with Crippen molar-refractivity contribution < 1.29 is 27.9 Å². The maximum atomic E-state index is 11.7. The number of ether oxygens (including phenoxy) is 2. The fourth-order valence-corrected chi connectivity index (χ4v) is 2.39. The molecule has 1 fully saturated rings. The molecule has 88 valence electrons. The molecule has 0 aromatic heterocycles. The van der Waals surface area contributed by atoms with Crippen molar-refractivity contribution in [3.63, 3.8) is 0 Å². The van der Waals surface area contributed by atoms with E-state index in [1.54, 1.807) is 0 Å². The van der Waals surface area contributed by atoms with Gasteiger partial charge in [0.1, 0.15) is 13.0 Å². The Balaban J connectivity index is 2.08. The molecule has 0 N–H and O–H groups in total. The van der Waals surface area contributed by atoms with Gasteiger partial charge in [0.25, 0.3) is 0 Å². The summed E-state index contributed by atoms with van der Waals surface area (Å²) in [4.78, 5) is 10.4. The fraction of sp³-hybridized carbons (Fsp3) is 0.875. The summed E-state index contributed by atoms with van der Waals surface area (Å²) in [6, 6.07) is 0. The summed E-state index contributed by atoms with van der Waals surface area (Å²) in [6.07, 6.45) is 0.658. The maximum absolute atomic E-state index is 11.7. The van der Waals surface area contributed by atoms with Crippen LogP contribution < -0.4 is 0 Å². The number of carbonyl (C=O) groups excluding carboxylic acids is 1. The number of hydrogen-bond acceptors (Lipinski definition) is 6. The van der Waals surface area contributed by atoms with Crippen LogP contribution in [0.1, 0.15) is 13.3 Å². The van der Waals surface area contributed by atoms with Gasteiger partial charge in [0.05, 0.1) is 19.8 Å². The normalized spacial score (nSPS) is 19.8. The summed E-state index contributed by atoms with van der Waals surface area (Å²) in [5.41, 5.74) is 0. The van der Waals surface area contributed by atoms with E-state index in [9.17, 15) is 9.36 Å². The van der Waals surface area contributed by atoms with Crippen molar-refractivity contribution in [1.82, 2.24) is 0 Å². The van der Waals surface area contributed by atoms with Crippen LogP contribution in [0, 0.1) is 0 Å². The Morgan fingerprint density at radius 2 is 2.00 bits per heavy atom. The van der Waals surface area contributed by atoms with Crippen LogP contribution in [-0.2, 0) is 27.9 Å². The van der Waals surface area contributed by atoms with Crippen molar-refractivity contribution in [2.45, 2.75) is 13.3 Å². The summed E-state index contributed by atoms with van der Waals surface area (Å²) < 4.78 is 31.3. The van der Waals surface area contributed by atoms with E-state index in [4.69, 9.17) is 13.8 Å². The second-order valence-electron chi connectivity index (χ2n) is 3.01. The van der Waals surface area contributed by atoms with E-state index in [1.807, 2.05) is 0 Å². The summed E-state index contributed by atoms with van der Waals surface area (Å²) >= 11 is 0. The van der Waals surface area contributed by atoms with Gasteiger partial charge in [-0.1, -0.05) is 0 Å². The molecule has 0 saturated carbocycles. The highest BCUT2D eigenvalue weighted by Gasteiger charge is 2.27. The first-order valence-corrected chi connectivity index (χ1v) is 6.44. The molecule has 6 nitrogen and oxygen atoms in total. The van der Waals surface area contributed by atoms with Gasteiger partial charge in [-0.25, -0.2) is 0 Å². The van der Waals surface area contributed by atoms with Crippen molar-refractivity contribution in [3.8, 4) is 0 Å². The molecular formula is C8H15O6P. The molecule has 0 radical (unpaired) electrons. The first-order chi connectivity index (χ1) is 7.12. The first kappa shape index (κ1) is 12.6. The van der Waals surface area contributed by atoms with Gasteiger partial charge in [-0.3, -0.25) is 9.36 Å². The van der Waals surface area contributed by atoms with Crippen molar-refractivity contribution in [2.24, 2.45) is 0 Å². The Bertz CT molecular complexity index is 244. The Morgan fingerprint density at radius 1 is 1.33 bits per heavy atom. The molecule has 1 heterocycles. The summed E-state index contributed by atoms with van der Waals surface area (Å²) in [6.45, 7) is 2.52. The molecule has 0 aromatic rings. The van der Waals surface area contributed by atoms with Crippen molar-refractivity contribution >= 4 is 13.6 Å². The van der Waals surface area contributed by atoms with Crippen molar-refractivity contribution in [2.75, 3.05) is 32.8 Å². The molecule has 1 saturated heterocycles. The molecule has 0 atom stereocenters. The highest BCUT2D eigenvalue weighted by Crippen LogP contribution is 2.50. The van der Waals surface area contributed by atoms with Crippen LogP contribution >= 0.6 is 7.60 Å². The van der Waals surface area contributed by atoms with Crippen LogP contribution in [0.5, 0.6) is 0 Å². The fourth-order valence-electron chi connectivity index (χ4n) is 0.999. The van der Waals surface area contributed by atoms with Crippen LogP contribution in [0.4, 0.5) is 0 Å². The third-order valence-electron chi connectivity index (χ3n) is 1.65. The zero-order valence-electron chi connectivity index (χ0n) is 8.64. The van der Waals surface area contributed by atoms with Gasteiger partial charge in [0.15, 0.2) is 0 Å². The second-order valence-corrected chi connectivity index (χ2v) is 5.00. The van der Waals surface area contributed by atoms with Gasteiger partial charge in [-0.05, 0) is 6.42 Å². The molecule has 7 heteroatoms. The van der Waals surface area contributed by atoms with Gasteiger partial charge in [0.2, 0.25) is 0 Å². The van der Waals surface area contributed by atoms with E-state index in [-0.39, 0.29) is 25.5 Å². The average molecular weight is 238 g/mol. The Morgan fingerprint density at radius 3 is 2.60 bits per heavy atom. The highest BCUT2D eigenvalue weighted by molar-refractivity contribution is 7.53. The maximum Gasteiger partial charge on any atom is 0.356 e. The molecule has 1 aliphatic heterocycles. The average Bonchev–Trinajstić information content (AvgIpc) is 2.17. The first-order valence-electron chi connectivity index (χ1n) is 4.72. The summed E-state index contributed by atoms with van der Waals surface area (Å²) in [5.74, 6) is -0.365.